The molecular formula is C24H30O6. The van der Waals surface area contributed by atoms with E-state index in [-0.39, 0.29) is 25.2 Å². The summed E-state index contributed by atoms with van der Waals surface area (Å²) in [6, 6.07) is 7.97. The van der Waals surface area contributed by atoms with Crippen LogP contribution in [0.25, 0.3) is 11.1 Å². The molecule has 0 fully saturated rings. The maximum atomic E-state index is 11.6. The van der Waals surface area contributed by atoms with Crippen LogP contribution in [0.2, 0.25) is 0 Å². The summed E-state index contributed by atoms with van der Waals surface area (Å²) in [7, 11) is 0. The summed E-state index contributed by atoms with van der Waals surface area (Å²) in [5, 5.41) is 0. The topological polar surface area (TPSA) is 71.1 Å². The van der Waals surface area contributed by atoms with Crippen LogP contribution in [0.15, 0.2) is 24.3 Å². The maximum Gasteiger partial charge on any atom is 0.344 e. The first-order chi connectivity index (χ1) is 14.3. The fourth-order valence-corrected chi connectivity index (χ4v) is 3.15. The Labute approximate surface area is 178 Å². The Balaban J connectivity index is 2.24. The Kier molecular flexibility index (Phi) is 8.27. The molecule has 0 spiro atoms. The Bertz CT molecular complexity index is 841. The van der Waals surface area contributed by atoms with Crippen LogP contribution in [0.1, 0.15) is 36.1 Å². The van der Waals surface area contributed by atoms with E-state index >= 15 is 0 Å². The number of ether oxygens (including phenoxy) is 4. The van der Waals surface area contributed by atoms with Crippen molar-refractivity contribution in [3.63, 3.8) is 0 Å². The molecule has 0 unspecified atom stereocenters. The summed E-state index contributed by atoms with van der Waals surface area (Å²) in [6.45, 7) is 11.9. The summed E-state index contributed by atoms with van der Waals surface area (Å²) in [5.74, 6) is 0.549. The van der Waals surface area contributed by atoms with Crippen LogP contribution in [0.3, 0.4) is 0 Å². The monoisotopic (exact) mass is 414 g/mol. The van der Waals surface area contributed by atoms with Crippen LogP contribution < -0.4 is 9.47 Å². The first-order valence-electron chi connectivity index (χ1n) is 10.1. The Hall–Kier alpha value is -3.02. The molecule has 0 bridgehead atoms. The Morgan fingerprint density at radius 2 is 1.00 bits per heavy atom. The van der Waals surface area contributed by atoms with Gasteiger partial charge in [-0.05, 0) is 99.2 Å². The third-order valence-corrected chi connectivity index (χ3v) is 4.64. The van der Waals surface area contributed by atoms with Crippen LogP contribution in [0, 0.1) is 27.7 Å². The highest BCUT2D eigenvalue weighted by Gasteiger charge is 2.14. The second-order valence-electron chi connectivity index (χ2n) is 7.05. The standard InChI is InChI=1S/C24H30O6/c1-7-27-23(25)13-29-21-11-15(3)19(9-17(21)5)20-10-18(6)22(12-16(20)4)30-14-24(26)28-8-2/h9-12H,7-8,13-14H2,1-6H3. The summed E-state index contributed by atoms with van der Waals surface area (Å²) in [4.78, 5) is 23.1. The Morgan fingerprint density at radius 3 is 1.33 bits per heavy atom. The predicted octanol–water partition coefficient (Wildman–Crippen LogP) is 4.47. The van der Waals surface area contributed by atoms with Crippen molar-refractivity contribution in [2.24, 2.45) is 0 Å². The zero-order chi connectivity index (χ0) is 22.3. The van der Waals surface area contributed by atoms with Gasteiger partial charge in [0.05, 0.1) is 13.2 Å². The van der Waals surface area contributed by atoms with Crippen molar-refractivity contribution in [3.05, 3.63) is 46.5 Å². The van der Waals surface area contributed by atoms with Crippen molar-refractivity contribution in [2.45, 2.75) is 41.5 Å². The number of benzene rings is 2. The van der Waals surface area contributed by atoms with E-state index in [9.17, 15) is 9.59 Å². The van der Waals surface area contributed by atoms with Gasteiger partial charge in [0.2, 0.25) is 0 Å². The van der Waals surface area contributed by atoms with Gasteiger partial charge in [-0.3, -0.25) is 0 Å². The number of carbonyl (C=O) groups excluding carboxylic acids is 2. The largest absolute Gasteiger partial charge is 0.482 e. The van der Waals surface area contributed by atoms with Gasteiger partial charge in [0.1, 0.15) is 11.5 Å². The second kappa shape index (κ2) is 10.7. The quantitative estimate of drug-likeness (QED) is 0.564. The van der Waals surface area contributed by atoms with E-state index in [1.807, 2.05) is 39.8 Å². The molecule has 0 saturated carbocycles. The third kappa shape index (κ3) is 5.99. The van der Waals surface area contributed by atoms with Gasteiger partial charge in [-0.2, -0.15) is 0 Å². The first kappa shape index (κ1) is 23.3. The van der Waals surface area contributed by atoms with Gasteiger partial charge in [-0.25, -0.2) is 9.59 Å². The highest BCUT2D eigenvalue weighted by atomic mass is 16.6. The first-order valence-corrected chi connectivity index (χ1v) is 10.1. The number of rotatable bonds is 9. The number of hydrogen-bond acceptors (Lipinski definition) is 6. The van der Waals surface area contributed by atoms with Crippen molar-refractivity contribution < 1.29 is 28.5 Å². The van der Waals surface area contributed by atoms with Crippen LogP contribution in [-0.4, -0.2) is 38.4 Å². The number of hydrogen-bond donors (Lipinski definition) is 0. The molecule has 6 nitrogen and oxygen atoms in total. The fourth-order valence-electron chi connectivity index (χ4n) is 3.15. The lowest BCUT2D eigenvalue weighted by Gasteiger charge is -2.17. The van der Waals surface area contributed by atoms with Crippen molar-refractivity contribution in [1.29, 1.82) is 0 Å². The smallest absolute Gasteiger partial charge is 0.344 e. The molecule has 6 heteroatoms. The SMILES string of the molecule is CCOC(=O)COc1cc(C)c(-c2cc(C)c(OCC(=O)OCC)cc2C)cc1C. The lowest BCUT2D eigenvalue weighted by Crippen LogP contribution is -2.15. The molecule has 0 atom stereocenters. The molecule has 0 aromatic heterocycles. The van der Waals surface area contributed by atoms with Gasteiger partial charge in [0, 0.05) is 0 Å². The van der Waals surface area contributed by atoms with Gasteiger partial charge >= 0.3 is 11.9 Å². The molecule has 0 amide bonds. The third-order valence-electron chi connectivity index (χ3n) is 4.64. The summed E-state index contributed by atoms with van der Waals surface area (Å²) in [6.07, 6.45) is 0. The normalized spacial score (nSPS) is 10.5. The van der Waals surface area contributed by atoms with Crippen molar-refractivity contribution >= 4 is 11.9 Å². The van der Waals surface area contributed by atoms with Crippen molar-refractivity contribution in [2.75, 3.05) is 26.4 Å². The van der Waals surface area contributed by atoms with Crippen LogP contribution >= 0.6 is 0 Å². The molecule has 0 aliphatic rings. The summed E-state index contributed by atoms with van der Waals surface area (Å²) in [5.41, 5.74) is 6.07. The molecule has 2 aromatic carbocycles. The molecule has 0 radical (unpaired) electrons. The van der Waals surface area contributed by atoms with Crippen LogP contribution in [-0.2, 0) is 19.1 Å². The van der Waals surface area contributed by atoms with E-state index in [0.29, 0.717) is 24.7 Å². The molecule has 0 N–H and O–H groups in total. The van der Waals surface area contributed by atoms with E-state index < -0.39 is 0 Å². The van der Waals surface area contributed by atoms with E-state index in [1.165, 1.54) is 0 Å². The zero-order valence-corrected chi connectivity index (χ0v) is 18.6. The van der Waals surface area contributed by atoms with E-state index in [2.05, 4.69) is 12.1 Å². The van der Waals surface area contributed by atoms with E-state index in [4.69, 9.17) is 18.9 Å². The minimum absolute atomic E-state index is 0.113. The molecule has 0 heterocycles. The van der Waals surface area contributed by atoms with E-state index in [0.717, 1.165) is 33.4 Å². The van der Waals surface area contributed by atoms with Gasteiger partial charge in [-0.15, -0.1) is 0 Å². The van der Waals surface area contributed by atoms with Crippen molar-refractivity contribution in [1.82, 2.24) is 0 Å². The molecule has 2 aromatic rings. The molecule has 2 rings (SSSR count). The number of carbonyl (C=O) groups is 2. The van der Waals surface area contributed by atoms with Crippen LogP contribution in [0.5, 0.6) is 11.5 Å². The summed E-state index contributed by atoms with van der Waals surface area (Å²) >= 11 is 0. The Morgan fingerprint density at radius 1 is 0.633 bits per heavy atom. The number of aryl methyl sites for hydroxylation is 4. The fraction of sp³-hybridized carbons (Fsp3) is 0.417. The molecule has 0 saturated heterocycles. The number of esters is 2. The van der Waals surface area contributed by atoms with Crippen molar-refractivity contribution in [3.8, 4) is 22.6 Å². The molecule has 30 heavy (non-hydrogen) atoms. The zero-order valence-electron chi connectivity index (χ0n) is 18.6. The highest BCUT2D eigenvalue weighted by Crippen LogP contribution is 2.35. The highest BCUT2D eigenvalue weighted by molar-refractivity contribution is 5.75. The predicted molar refractivity (Wildman–Crippen MR) is 115 cm³/mol. The molecule has 0 aliphatic heterocycles. The average Bonchev–Trinajstić information content (AvgIpc) is 2.69. The van der Waals surface area contributed by atoms with Gasteiger partial charge in [-0.1, -0.05) is 0 Å². The second-order valence-corrected chi connectivity index (χ2v) is 7.05. The van der Waals surface area contributed by atoms with Crippen LogP contribution in [0.4, 0.5) is 0 Å². The summed E-state index contributed by atoms with van der Waals surface area (Å²) < 4.78 is 21.1. The minimum Gasteiger partial charge on any atom is -0.482 e. The molecule has 0 aliphatic carbocycles. The lowest BCUT2D eigenvalue weighted by atomic mass is 9.93. The van der Waals surface area contributed by atoms with Gasteiger partial charge in [0.15, 0.2) is 13.2 Å². The maximum absolute atomic E-state index is 11.6. The van der Waals surface area contributed by atoms with E-state index in [1.54, 1.807) is 13.8 Å². The lowest BCUT2D eigenvalue weighted by molar-refractivity contribution is -0.146. The molecule has 162 valence electrons. The molecular weight excluding hydrogens is 384 g/mol. The average molecular weight is 414 g/mol. The van der Waals surface area contributed by atoms with Gasteiger partial charge in [0.25, 0.3) is 0 Å². The van der Waals surface area contributed by atoms with Gasteiger partial charge < -0.3 is 18.9 Å². The minimum atomic E-state index is -0.386.